The SMILES string of the molecule is CCC1C(=O)N(C)C2=C(N[C@@H](c3cn[nH]c3-c3cscn3)N=C2)N1C(C)C. The minimum absolute atomic E-state index is 0.100. The number of allylic oxidation sites excluding steroid dienone is 1. The van der Waals surface area contributed by atoms with Gasteiger partial charge in [-0.25, -0.2) is 4.98 Å². The van der Waals surface area contributed by atoms with Crippen LogP contribution in [0.1, 0.15) is 38.9 Å². The lowest BCUT2D eigenvalue weighted by Gasteiger charge is -2.46. The highest BCUT2D eigenvalue weighted by atomic mass is 32.1. The summed E-state index contributed by atoms with van der Waals surface area (Å²) < 4.78 is 0. The first-order valence-corrected chi connectivity index (χ1v) is 9.98. The van der Waals surface area contributed by atoms with Crippen molar-refractivity contribution in [2.75, 3.05) is 7.05 Å². The molecule has 0 fully saturated rings. The van der Waals surface area contributed by atoms with Crippen LogP contribution < -0.4 is 5.32 Å². The number of aromatic nitrogens is 3. The maximum Gasteiger partial charge on any atom is 0.249 e. The molecule has 0 bridgehead atoms. The molecular formula is C18H23N7OS. The molecule has 0 saturated heterocycles. The normalized spacial score (nSPS) is 22.5. The van der Waals surface area contributed by atoms with Crippen molar-refractivity contribution in [1.82, 2.24) is 30.3 Å². The number of aromatic amines is 1. The lowest BCUT2D eigenvalue weighted by Crippen LogP contribution is -2.58. The van der Waals surface area contributed by atoms with Gasteiger partial charge in [0.25, 0.3) is 0 Å². The summed E-state index contributed by atoms with van der Waals surface area (Å²) in [6.07, 6.45) is 4.02. The zero-order valence-corrected chi connectivity index (χ0v) is 16.6. The van der Waals surface area contributed by atoms with Crippen LogP contribution in [0.2, 0.25) is 0 Å². The summed E-state index contributed by atoms with van der Waals surface area (Å²) in [5, 5.41) is 12.8. The Balaban J connectivity index is 1.72. The predicted molar refractivity (Wildman–Crippen MR) is 105 cm³/mol. The summed E-state index contributed by atoms with van der Waals surface area (Å²) in [5.41, 5.74) is 5.24. The van der Waals surface area contributed by atoms with Crippen molar-refractivity contribution < 1.29 is 4.79 Å². The molecule has 0 aromatic carbocycles. The summed E-state index contributed by atoms with van der Waals surface area (Å²) in [7, 11) is 1.81. The van der Waals surface area contributed by atoms with Gasteiger partial charge in [0.15, 0.2) is 0 Å². The van der Waals surface area contributed by atoms with E-state index in [0.29, 0.717) is 0 Å². The molecule has 2 atom stereocenters. The van der Waals surface area contributed by atoms with Crippen LogP contribution in [-0.4, -0.2) is 56.2 Å². The van der Waals surface area contributed by atoms with E-state index in [4.69, 9.17) is 0 Å². The maximum absolute atomic E-state index is 12.8. The van der Waals surface area contributed by atoms with Gasteiger partial charge in [0, 0.05) is 24.0 Å². The van der Waals surface area contributed by atoms with Gasteiger partial charge in [0.1, 0.15) is 23.7 Å². The van der Waals surface area contributed by atoms with Crippen molar-refractivity contribution in [3.8, 4) is 11.4 Å². The third kappa shape index (κ3) is 2.82. The van der Waals surface area contributed by atoms with Crippen molar-refractivity contribution >= 4 is 23.5 Å². The molecule has 2 N–H and O–H groups in total. The van der Waals surface area contributed by atoms with Gasteiger partial charge < -0.3 is 15.1 Å². The van der Waals surface area contributed by atoms with E-state index in [2.05, 4.69) is 44.2 Å². The van der Waals surface area contributed by atoms with Crippen LogP contribution in [0.3, 0.4) is 0 Å². The Kier molecular flexibility index (Phi) is 4.47. The molecule has 0 saturated carbocycles. The van der Waals surface area contributed by atoms with Crippen LogP contribution in [0.4, 0.5) is 0 Å². The number of amides is 1. The Morgan fingerprint density at radius 2 is 2.19 bits per heavy atom. The van der Waals surface area contributed by atoms with E-state index in [9.17, 15) is 4.79 Å². The van der Waals surface area contributed by atoms with Gasteiger partial charge in [0.05, 0.1) is 29.3 Å². The van der Waals surface area contributed by atoms with Crippen LogP contribution in [0.25, 0.3) is 11.4 Å². The highest BCUT2D eigenvalue weighted by Gasteiger charge is 2.40. The largest absolute Gasteiger partial charge is 0.345 e. The molecular weight excluding hydrogens is 362 g/mol. The molecule has 0 spiro atoms. The first-order valence-electron chi connectivity index (χ1n) is 9.04. The Morgan fingerprint density at radius 1 is 1.37 bits per heavy atom. The minimum atomic E-state index is -0.292. The molecule has 9 heteroatoms. The monoisotopic (exact) mass is 385 g/mol. The average molecular weight is 385 g/mol. The van der Waals surface area contributed by atoms with Crippen molar-refractivity contribution in [2.24, 2.45) is 4.99 Å². The summed E-state index contributed by atoms with van der Waals surface area (Å²) in [6, 6.07) is -0.00429. The highest BCUT2D eigenvalue weighted by molar-refractivity contribution is 7.07. The summed E-state index contributed by atoms with van der Waals surface area (Å²) >= 11 is 1.54. The van der Waals surface area contributed by atoms with E-state index < -0.39 is 0 Å². The summed E-state index contributed by atoms with van der Waals surface area (Å²) in [6.45, 7) is 6.25. The fourth-order valence-corrected chi connectivity index (χ4v) is 4.25. The predicted octanol–water partition coefficient (Wildman–Crippen LogP) is 2.34. The first-order chi connectivity index (χ1) is 13.0. The van der Waals surface area contributed by atoms with E-state index in [1.807, 2.05) is 19.4 Å². The van der Waals surface area contributed by atoms with Crippen LogP contribution in [-0.2, 0) is 4.79 Å². The number of thiazole rings is 1. The molecule has 2 aliphatic heterocycles. The molecule has 0 aliphatic carbocycles. The van der Waals surface area contributed by atoms with E-state index in [1.54, 1.807) is 34.2 Å². The fourth-order valence-electron chi connectivity index (χ4n) is 3.71. The molecule has 2 aromatic heterocycles. The Hall–Kier alpha value is -2.68. The molecule has 27 heavy (non-hydrogen) atoms. The lowest BCUT2D eigenvalue weighted by atomic mass is 10.0. The number of rotatable bonds is 4. The third-order valence-corrected chi connectivity index (χ3v) is 5.61. The Labute approximate surface area is 162 Å². The maximum atomic E-state index is 12.8. The average Bonchev–Trinajstić information content (AvgIpc) is 3.34. The zero-order chi connectivity index (χ0) is 19.1. The molecule has 4 rings (SSSR count). The van der Waals surface area contributed by atoms with Crippen molar-refractivity contribution in [3.05, 3.63) is 34.2 Å². The molecule has 2 aliphatic rings. The van der Waals surface area contributed by atoms with Crippen molar-refractivity contribution in [2.45, 2.75) is 45.4 Å². The second-order valence-corrected chi connectivity index (χ2v) is 7.67. The third-order valence-electron chi connectivity index (χ3n) is 5.03. The number of nitrogens with one attached hydrogen (secondary N) is 2. The van der Waals surface area contributed by atoms with E-state index in [-0.39, 0.29) is 24.2 Å². The minimum Gasteiger partial charge on any atom is -0.345 e. The van der Waals surface area contributed by atoms with E-state index >= 15 is 0 Å². The van der Waals surface area contributed by atoms with Gasteiger partial charge >= 0.3 is 0 Å². The quantitative estimate of drug-likeness (QED) is 0.843. The smallest absolute Gasteiger partial charge is 0.249 e. The second kappa shape index (κ2) is 6.80. The summed E-state index contributed by atoms with van der Waals surface area (Å²) in [5.74, 6) is 1.03. The summed E-state index contributed by atoms with van der Waals surface area (Å²) in [4.78, 5) is 25.7. The standard InChI is InChI=1S/C18H23N7OS/c1-5-13-18(26)24(4)14-7-19-16(22-17(14)25(13)10(2)3)11-6-21-23-15(11)12-8-27-9-20-12/h6-10,13,16,22H,5H2,1-4H3,(H,21,23)/t13?,16-/m0/s1. The van der Waals surface area contributed by atoms with Gasteiger partial charge in [-0.2, -0.15) is 5.10 Å². The second-order valence-electron chi connectivity index (χ2n) is 6.96. The van der Waals surface area contributed by atoms with Crippen molar-refractivity contribution in [3.63, 3.8) is 0 Å². The van der Waals surface area contributed by atoms with Crippen LogP contribution >= 0.6 is 11.3 Å². The highest BCUT2D eigenvalue weighted by Crippen LogP contribution is 2.33. The van der Waals surface area contributed by atoms with Gasteiger partial charge in [-0.05, 0) is 20.3 Å². The topological polar surface area (TPSA) is 89.5 Å². The molecule has 1 unspecified atom stereocenters. The number of carbonyl (C=O) groups excluding carboxylic acids is 1. The number of aliphatic imine (C=N–C) groups is 1. The number of carbonyl (C=O) groups is 1. The van der Waals surface area contributed by atoms with Gasteiger partial charge in [0.2, 0.25) is 5.91 Å². The van der Waals surface area contributed by atoms with Gasteiger partial charge in [-0.1, -0.05) is 6.92 Å². The van der Waals surface area contributed by atoms with Crippen molar-refractivity contribution in [1.29, 1.82) is 0 Å². The first kappa shape index (κ1) is 17.7. The van der Waals surface area contributed by atoms with Crippen LogP contribution in [0.5, 0.6) is 0 Å². The molecule has 0 radical (unpaired) electrons. The number of H-pyrrole nitrogens is 1. The van der Waals surface area contributed by atoms with Crippen LogP contribution in [0, 0.1) is 0 Å². The van der Waals surface area contributed by atoms with E-state index in [1.165, 1.54) is 0 Å². The number of nitrogens with zero attached hydrogens (tertiary/aromatic N) is 5. The van der Waals surface area contributed by atoms with E-state index in [0.717, 1.165) is 34.9 Å². The van der Waals surface area contributed by atoms with Gasteiger partial charge in [-0.15, -0.1) is 11.3 Å². The number of likely N-dealkylation sites (N-methyl/N-ethyl adjacent to an activating group) is 1. The Bertz CT molecular complexity index is 899. The number of hydrogen-bond acceptors (Lipinski definition) is 7. The zero-order valence-electron chi connectivity index (χ0n) is 15.8. The lowest BCUT2D eigenvalue weighted by molar-refractivity contribution is -0.136. The fraction of sp³-hybridized carbons (Fsp3) is 0.444. The molecule has 4 heterocycles. The van der Waals surface area contributed by atoms with Gasteiger partial charge in [-0.3, -0.25) is 14.9 Å². The Morgan fingerprint density at radius 3 is 2.85 bits per heavy atom. The molecule has 142 valence electrons. The molecule has 8 nitrogen and oxygen atoms in total. The number of hydrogen-bond donors (Lipinski definition) is 2. The molecule has 2 aromatic rings. The van der Waals surface area contributed by atoms with Crippen LogP contribution in [0.15, 0.2) is 33.6 Å². The molecule has 1 amide bonds.